The van der Waals surface area contributed by atoms with E-state index in [1.165, 1.54) is 0 Å². The first-order chi connectivity index (χ1) is 7.20. The monoisotopic (exact) mass is 209 g/mol. The Balaban J connectivity index is 2.04. The van der Waals surface area contributed by atoms with Gasteiger partial charge in [-0.15, -0.1) is 0 Å². The number of hydrogen-bond acceptors (Lipinski definition) is 4. The Morgan fingerprint density at radius 2 is 2.53 bits per heavy atom. The average molecular weight is 209 g/mol. The minimum Gasteiger partial charge on any atom is -0.444 e. The van der Waals surface area contributed by atoms with Gasteiger partial charge in [-0.2, -0.15) is 0 Å². The van der Waals surface area contributed by atoms with Gasteiger partial charge in [0.15, 0.2) is 5.89 Å². The SMILES string of the molecule is CCN1CCC(c2ncc(C(C)N)o2)C1. The van der Waals surface area contributed by atoms with E-state index in [1.54, 1.807) is 6.20 Å². The van der Waals surface area contributed by atoms with Gasteiger partial charge in [-0.1, -0.05) is 6.92 Å². The van der Waals surface area contributed by atoms with Crippen molar-refractivity contribution < 1.29 is 4.42 Å². The summed E-state index contributed by atoms with van der Waals surface area (Å²) in [5.74, 6) is 2.11. The molecule has 1 fully saturated rings. The maximum atomic E-state index is 5.74. The molecule has 0 amide bonds. The van der Waals surface area contributed by atoms with E-state index >= 15 is 0 Å². The van der Waals surface area contributed by atoms with Gasteiger partial charge in [0.1, 0.15) is 5.76 Å². The first-order valence-electron chi connectivity index (χ1n) is 5.64. The van der Waals surface area contributed by atoms with Crippen LogP contribution in [0.15, 0.2) is 10.6 Å². The molecule has 1 aliphatic rings. The topological polar surface area (TPSA) is 55.3 Å². The molecule has 84 valence electrons. The predicted molar refractivity (Wildman–Crippen MR) is 58.6 cm³/mol. The largest absolute Gasteiger partial charge is 0.444 e. The lowest BCUT2D eigenvalue weighted by Gasteiger charge is -2.10. The summed E-state index contributed by atoms with van der Waals surface area (Å²) in [6.07, 6.45) is 2.90. The number of likely N-dealkylation sites (tertiary alicyclic amines) is 1. The Labute approximate surface area is 90.5 Å². The highest BCUT2D eigenvalue weighted by molar-refractivity contribution is 5.04. The van der Waals surface area contributed by atoms with Crippen LogP contribution >= 0.6 is 0 Å². The molecular formula is C11H19N3O. The maximum absolute atomic E-state index is 5.74. The van der Waals surface area contributed by atoms with Gasteiger partial charge in [0.25, 0.3) is 0 Å². The molecular weight excluding hydrogens is 190 g/mol. The molecule has 2 rings (SSSR count). The van der Waals surface area contributed by atoms with Crippen molar-refractivity contribution in [3.63, 3.8) is 0 Å². The lowest BCUT2D eigenvalue weighted by atomic mass is 10.1. The molecule has 0 aliphatic carbocycles. The molecule has 1 aromatic rings. The minimum atomic E-state index is -0.0602. The molecule has 2 heterocycles. The second-order valence-electron chi connectivity index (χ2n) is 4.27. The van der Waals surface area contributed by atoms with Crippen molar-refractivity contribution in [1.82, 2.24) is 9.88 Å². The average Bonchev–Trinajstić information content (AvgIpc) is 2.86. The summed E-state index contributed by atoms with van der Waals surface area (Å²) < 4.78 is 5.66. The van der Waals surface area contributed by atoms with Gasteiger partial charge in [-0.25, -0.2) is 4.98 Å². The predicted octanol–water partition coefficient (Wildman–Crippen LogP) is 1.50. The Kier molecular flexibility index (Phi) is 3.07. The van der Waals surface area contributed by atoms with E-state index in [-0.39, 0.29) is 6.04 Å². The Hall–Kier alpha value is -0.870. The smallest absolute Gasteiger partial charge is 0.198 e. The molecule has 2 N–H and O–H groups in total. The lowest BCUT2D eigenvalue weighted by molar-refractivity contribution is 0.340. The molecule has 0 saturated carbocycles. The number of aromatic nitrogens is 1. The zero-order valence-electron chi connectivity index (χ0n) is 9.44. The van der Waals surface area contributed by atoms with Crippen molar-refractivity contribution in [1.29, 1.82) is 0 Å². The summed E-state index contributed by atoms with van der Waals surface area (Å²) in [5, 5.41) is 0. The number of nitrogens with two attached hydrogens (primary N) is 1. The van der Waals surface area contributed by atoms with E-state index < -0.39 is 0 Å². The first kappa shape index (κ1) is 10.6. The van der Waals surface area contributed by atoms with Crippen LogP contribution in [0.1, 0.15) is 43.9 Å². The van der Waals surface area contributed by atoms with E-state index in [0.717, 1.165) is 37.7 Å². The summed E-state index contributed by atoms with van der Waals surface area (Å²) in [6, 6.07) is -0.0602. The van der Waals surface area contributed by atoms with Crippen LogP contribution in [0.3, 0.4) is 0 Å². The summed E-state index contributed by atoms with van der Waals surface area (Å²) in [4.78, 5) is 6.73. The van der Waals surface area contributed by atoms with Gasteiger partial charge < -0.3 is 15.1 Å². The second-order valence-corrected chi connectivity index (χ2v) is 4.27. The number of hydrogen-bond donors (Lipinski definition) is 1. The summed E-state index contributed by atoms with van der Waals surface area (Å²) in [7, 11) is 0. The van der Waals surface area contributed by atoms with Gasteiger partial charge >= 0.3 is 0 Å². The van der Waals surface area contributed by atoms with Gasteiger partial charge in [0.05, 0.1) is 12.2 Å². The molecule has 4 nitrogen and oxygen atoms in total. The molecule has 0 radical (unpaired) electrons. The highest BCUT2D eigenvalue weighted by atomic mass is 16.4. The second kappa shape index (κ2) is 4.33. The van der Waals surface area contributed by atoms with Gasteiger partial charge in [-0.3, -0.25) is 0 Å². The lowest BCUT2D eigenvalue weighted by Crippen LogP contribution is -2.19. The van der Waals surface area contributed by atoms with Crippen LogP contribution in [0.2, 0.25) is 0 Å². The van der Waals surface area contributed by atoms with Crippen LogP contribution < -0.4 is 5.73 Å². The molecule has 2 unspecified atom stereocenters. The maximum Gasteiger partial charge on any atom is 0.198 e. The third-order valence-electron chi connectivity index (χ3n) is 3.06. The number of oxazole rings is 1. The third-order valence-corrected chi connectivity index (χ3v) is 3.06. The zero-order chi connectivity index (χ0) is 10.8. The minimum absolute atomic E-state index is 0.0602. The van der Waals surface area contributed by atoms with Crippen molar-refractivity contribution in [3.05, 3.63) is 17.8 Å². The molecule has 1 aliphatic heterocycles. The van der Waals surface area contributed by atoms with E-state index in [4.69, 9.17) is 10.2 Å². The van der Waals surface area contributed by atoms with E-state index in [0.29, 0.717) is 5.92 Å². The van der Waals surface area contributed by atoms with E-state index in [2.05, 4.69) is 16.8 Å². The fraction of sp³-hybridized carbons (Fsp3) is 0.727. The third kappa shape index (κ3) is 2.21. The molecule has 15 heavy (non-hydrogen) atoms. The normalized spacial score (nSPS) is 24.6. The Morgan fingerprint density at radius 1 is 1.73 bits per heavy atom. The fourth-order valence-corrected chi connectivity index (χ4v) is 2.02. The molecule has 1 saturated heterocycles. The van der Waals surface area contributed by atoms with E-state index in [1.807, 2.05) is 6.92 Å². The van der Waals surface area contributed by atoms with Gasteiger partial charge in [0, 0.05) is 12.5 Å². The van der Waals surface area contributed by atoms with Gasteiger partial charge in [-0.05, 0) is 26.4 Å². The zero-order valence-corrected chi connectivity index (χ0v) is 9.44. The van der Waals surface area contributed by atoms with Crippen LogP contribution in [-0.2, 0) is 0 Å². The molecule has 0 spiro atoms. The molecule has 1 aromatic heterocycles. The Morgan fingerprint density at radius 3 is 3.07 bits per heavy atom. The van der Waals surface area contributed by atoms with Gasteiger partial charge in [0.2, 0.25) is 0 Å². The summed E-state index contributed by atoms with van der Waals surface area (Å²) >= 11 is 0. The van der Waals surface area contributed by atoms with Crippen LogP contribution in [0.4, 0.5) is 0 Å². The molecule has 4 heteroatoms. The molecule has 0 aromatic carbocycles. The number of rotatable bonds is 3. The van der Waals surface area contributed by atoms with Crippen molar-refractivity contribution in [2.45, 2.75) is 32.2 Å². The van der Waals surface area contributed by atoms with Crippen LogP contribution in [-0.4, -0.2) is 29.5 Å². The fourth-order valence-electron chi connectivity index (χ4n) is 2.02. The first-order valence-corrected chi connectivity index (χ1v) is 5.64. The molecule has 2 atom stereocenters. The molecule has 0 bridgehead atoms. The Bertz CT molecular complexity index is 321. The van der Waals surface area contributed by atoms with Crippen LogP contribution in [0.25, 0.3) is 0 Å². The van der Waals surface area contributed by atoms with Crippen molar-refractivity contribution in [3.8, 4) is 0 Å². The van der Waals surface area contributed by atoms with Crippen LogP contribution in [0.5, 0.6) is 0 Å². The quantitative estimate of drug-likeness (QED) is 0.819. The van der Waals surface area contributed by atoms with Crippen molar-refractivity contribution in [2.75, 3.05) is 19.6 Å². The number of nitrogens with zero attached hydrogens (tertiary/aromatic N) is 2. The summed E-state index contributed by atoms with van der Waals surface area (Å²) in [5.41, 5.74) is 5.74. The van der Waals surface area contributed by atoms with Crippen LogP contribution in [0, 0.1) is 0 Å². The van der Waals surface area contributed by atoms with Crippen molar-refractivity contribution in [2.24, 2.45) is 5.73 Å². The standard InChI is InChI=1S/C11H19N3O/c1-3-14-5-4-9(7-14)11-13-6-10(15-11)8(2)12/h6,8-9H,3-5,7,12H2,1-2H3. The highest BCUT2D eigenvalue weighted by Crippen LogP contribution is 2.27. The number of likely N-dealkylation sites (N-methyl/N-ethyl adjacent to an activating group) is 1. The summed E-state index contributed by atoms with van der Waals surface area (Å²) in [6.45, 7) is 7.42. The van der Waals surface area contributed by atoms with E-state index in [9.17, 15) is 0 Å². The van der Waals surface area contributed by atoms with Crippen molar-refractivity contribution >= 4 is 0 Å². The highest BCUT2D eigenvalue weighted by Gasteiger charge is 2.26.